The van der Waals surface area contributed by atoms with Crippen molar-refractivity contribution >= 4 is 11.8 Å². The van der Waals surface area contributed by atoms with Gasteiger partial charge in [0.15, 0.2) is 5.76 Å². The van der Waals surface area contributed by atoms with Crippen molar-refractivity contribution in [3.05, 3.63) is 60.1 Å². The van der Waals surface area contributed by atoms with Crippen LogP contribution in [0.3, 0.4) is 0 Å². The molecule has 2 rings (SSSR count). The Balaban J connectivity index is 2.07. The van der Waals surface area contributed by atoms with Crippen LogP contribution in [-0.2, 0) is 11.2 Å². The molecule has 6 heteroatoms. The maximum absolute atomic E-state index is 13.0. The zero-order valence-corrected chi connectivity index (χ0v) is 16.2. The highest BCUT2D eigenvalue weighted by Crippen LogP contribution is 2.09. The summed E-state index contributed by atoms with van der Waals surface area (Å²) in [6.07, 6.45) is 2.55. The molecule has 2 aromatic rings. The SMILES string of the molecule is CC(C)C(N)CCN(C)C(=O)C(Cc1ccccc1)NC(=O)c1ccco1. The Labute approximate surface area is 160 Å². The van der Waals surface area contributed by atoms with E-state index in [1.807, 2.05) is 30.3 Å². The third kappa shape index (κ3) is 6.25. The van der Waals surface area contributed by atoms with E-state index in [4.69, 9.17) is 10.2 Å². The first-order valence-corrected chi connectivity index (χ1v) is 9.27. The number of amides is 2. The van der Waals surface area contributed by atoms with Crippen LogP contribution in [0.1, 0.15) is 36.4 Å². The van der Waals surface area contributed by atoms with Crippen LogP contribution in [0.2, 0.25) is 0 Å². The predicted molar refractivity (Wildman–Crippen MR) is 105 cm³/mol. The number of carbonyl (C=O) groups is 2. The number of nitrogens with two attached hydrogens (primary N) is 1. The highest BCUT2D eigenvalue weighted by atomic mass is 16.3. The molecule has 2 atom stereocenters. The molecule has 6 nitrogen and oxygen atoms in total. The van der Waals surface area contributed by atoms with Crippen LogP contribution in [0.5, 0.6) is 0 Å². The smallest absolute Gasteiger partial charge is 0.287 e. The lowest BCUT2D eigenvalue weighted by Gasteiger charge is -2.26. The minimum atomic E-state index is -0.676. The average Bonchev–Trinajstić information content (AvgIpc) is 3.20. The van der Waals surface area contributed by atoms with Gasteiger partial charge in [0, 0.05) is 26.1 Å². The van der Waals surface area contributed by atoms with E-state index in [0.717, 1.165) is 5.56 Å². The normalized spacial score (nSPS) is 13.2. The lowest BCUT2D eigenvalue weighted by molar-refractivity contribution is -0.132. The highest BCUT2D eigenvalue weighted by Gasteiger charge is 2.26. The molecule has 0 fully saturated rings. The maximum Gasteiger partial charge on any atom is 0.287 e. The zero-order valence-electron chi connectivity index (χ0n) is 16.2. The van der Waals surface area contributed by atoms with E-state index in [1.54, 1.807) is 24.1 Å². The summed E-state index contributed by atoms with van der Waals surface area (Å²) in [5, 5.41) is 2.80. The van der Waals surface area contributed by atoms with Gasteiger partial charge >= 0.3 is 0 Å². The number of carbonyl (C=O) groups excluding carboxylic acids is 2. The molecule has 1 aromatic carbocycles. The van der Waals surface area contributed by atoms with Gasteiger partial charge in [0.2, 0.25) is 5.91 Å². The zero-order chi connectivity index (χ0) is 19.8. The predicted octanol–water partition coefficient (Wildman–Crippen LogP) is 2.45. The van der Waals surface area contributed by atoms with Gasteiger partial charge in [-0.3, -0.25) is 9.59 Å². The van der Waals surface area contributed by atoms with Gasteiger partial charge in [-0.2, -0.15) is 0 Å². The maximum atomic E-state index is 13.0. The molecule has 0 aliphatic heterocycles. The van der Waals surface area contributed by atoms with Crippen LogP contribution >= 0.6 is 0 Å². The van der Waals surface area contributed by atoms with Crippen molar-refractivity contribution in [3.63, 3.8) is 0 Å². The van der Waals surface area contributed by atoms with Gasteiger partial charge in [0.25, 0.3) is 5.91 Å². The molecule has 1 heterocycles. The molecule has 0 spiro atoms. The first-order chi connectivity index (χ1) is 12.9. The van der Waals surface area contributed by atoms with Crippen molar-refractivity contribution < 1.29 is 14.0 Å². The van der Waals surface area contributed by atoms with E-state index in [2.05, 4.69) is 19.2 Å². The first-order valence-electron chi connectivity index (χ1n) is 9.27. The van der Waals surface area contributed by atoms with Crippen LogP contribution in [0.15, 0.2) is 53.1 Å². The lowest BCUT2D eigenvalue weighted by Crippen LogP contribution is -2.49. The molecular formula is C21H29N3O3. The minimum absolute atomic E-state index is 0.0329. The molecule has 0 radical (unpaired) electrons. The fourth-order valence-electron chi connectivity index (χ4n) is 2.74. The van der Waals surface area contributed by atoms with Crippen molar-refractivity contribution in [2.45, 2.75) is 38.8 Å². The topological polar surface area (TPSA) is 88.6 Å². The molecule has 0 bridgehead atoms. The Hall–Kier alpha value is -2.60. The molecule has 2 amide bonds. The Morgan fingerprint density at radius 3 is 2.44 bits per heavy atom. The van der Waals surface area contributed by atoms with E-state index < -0.39 is 11.9 Å². The summed E-state index contributed by atoms with van der Waals surface area (Å²) < 4.78 is 5.14. The average molecular weight is 371 g/mol. The number of nitrogens with one attached hydrogen (secondary N) is 1. The van der Waals surface area contributed by atoms with E-state index in [1.165, 1.54) is 6.26 Å². The second-order valence-electron chi connectivity index (χ2n) is 7.15. The lowest BCUT2D eigenvalue weighted by atomic mass is 10.0. The third-order valence-corrected chi connectivity index (χ3v) is 4.66. The van der Waals surface area contributed by atoms with Crippen LogP contribution in [-0.4, -0.2) is 42.4 Å². The Morgan fingerprint density at radius 1 is 1.15 bits per heavy atom. The van der Waals surface area contributed by atoms with Gasteiger partial charge in [-0.25, -0.2) is 0 Å². The number of furan rings is 1. The fraction of sp³-hybridized carbons (Fsp3) is 0.429. The van der Waals surface area contributed by atoms with Gasteiger partial charge in [-0.05, 0) is 30.0 Å². The molecule has 146 valence electrons. The largest absolute Gasteiger partial charge is 0.459 e. The number of benzene rings is 1. The van der Waals surface area contributed by atoms with Gasteiger partial charge in [-0.15, -0.1) is 0 Å². The molecule has 0 saturated carbocycles. The van der Waals surface area contributed by atoms with Crippen molar-refractivity contribution in [1.29, 1.82) is 0 Å². The van der Waals surface area contributed by atoms with Gasteiger partial charge in [0.05, 0.1) is 6.26 Å². The van der Waals surface area contributed by atoms with E-state index >= 15 is 0 Å². The summed E-state index contributed by atoms with van der Waals surface area (Å²) in [4.78, 5) is 27.0. The van der Waals surface area contributed by atoms with Crippen LogP contribution < -0.4 is 11.1 Å². The van der Waals surface area contributed by atoms with Crippen LogP contribution in [0, 0.1) is 5.92 Å². The van der Waals surface area contributed by atoms with Crippen molar-refractivity contribution in [1.82, 2.24) is 10.2 Å². The number of hydrogen-bond donors (Lipinski definition) is 2. The Bertz CT molecular complexity index is 714. The molecule has 0 aliphatic rings. The molecule has 1 aromatic heterocycles. The van der Waals surface area contributed by atoms with Crippen molar-refractivity contribution in [2.75, 3.05) is 13.6 Å². The Kier molecular flexibility index (Phi) is 7.61. The quantitative estimate of drug-likeness (QED) is 0.709. The summed E-state index contributed by atoms with van der Waals surface area (Å²) >= 11 is 0. The monoisotopic (exact) mass is 371 g/mol. The van der Waals surface area contributed by atoms with Crippen LogP contribution in [0.25, 0.3) is 0 Å². The van der Waals surface area contributed by atoms with Crippen molar-refractivity contribution in [2.24, 2.45) is 11.7 Å². The molecule has 2 unspecified atom stereocenters. The van der Waals surface area contributed by atoms with E-state index in [9.17, 15) is 9.59 Å². The fourth-order valence-corrected chi connectivity index (χ4v) is 2.74. The number of nitrogens with zero attached hydrogens (tertiary/aromatic N) is 1. The second kappa shape index (κ2) is 9.92. The summed E-state index contributed by atoms with van der Waals surface area (Å²) in [7, 11) is 1.74. The van der Waals surface area contributed by atoms with Gasteiger partial charge in [0.1, 0.15) is 6.04 Å². The number of hydrogen-bond acceptors (Lipinski definition) is 4. The Morgan fingerprint density at radius 2 is 1.85 bits per heavy atom. The van der Waals surface area contributed by atoms with E-state index in [0.29, 0.717) is 25.3 Å². The summed E-state index contributed by atoms with van der Waals surface area (Å²) in [6, 6.07) is 12.2. The minimum Gasteiger partial charge on any atom is -0.459 e. The summed E-state index contributed by atoms with van der Waals surface area (Å²) in [5.74, 6) is -0.00565. The van der Waals surface area contributed by atoms with Crippen LogP contribution in [0.4, 0.5) is 0 Å². The summed E-state index contributed by atoms with van der Waals surface area (Å²) in [5.41, 5.74) is 7.06. The number of likely N-dealkylation sites (N-methyl/N-ethyl adjacent to an activating group) is 1. The van der Waals surface area contributed by atoms with Crippen molar-refractivity contribution in [3.8, 4) is 0 Å². The first kappa shape index (κ1) is 20.7. The third-order valence-electron chi connectivity index (χ3n) is 4.66. The highest BCUT2D eigenvalue weighted by molar-refractivity contribution is 5.95. The molecule has 3 N–H and O–H groups in total. The standard InChI is InChI=1S/C21H29N3O3/c1-15(2)17(22)11-12-24(3)21(26)18(14-16-8-5-4-6-9-16)23-20(25)19-10-7-13-27-19/h4-10,13,15,17-18H,11-12,14,22H2,1-3H3,(H,23,25). The summed E-state index contributed by atoms with van der Waals surface area (Å²) in [6.45, 7) is 4.67. The van der Waals surface area contributed by atoms with Gasteiger partial charge < -0.3 is 20.4 Å². The molecule has 0 aliphatic carbocycles. The molecule has 0 saturated heterocycles. The molecular weight excluding hydrogens is 342 g/mol. The van der Waals surface area contributed by atoms with E-state index in [-0.39, 0.29) is 17.7 Å². The second-order valence-corrected chi connectivity index (χ2v) is 7.15. The number of rotatable bonds is 9. The molecule has 27 heavy (non-hydrogen) atoms. The van der Waals surface area contributed by atoms with Gasteiger partial charge in [-0.1, -0.05) is 44.2 Å².